The van der Waals surface area contributed by atoms with Gasteiger partial charge in [0.05, 0.1) is 10.8 Å². The average molecular weight is 283 g/mol. The molecule has 0 radical (unpaired) electrons. The maximum Gasteiger partial charge on any atom is 0.247 e. The molecule has 3 rings (SSSR count). The van der Waals surface area contributed by atoms with Gasteiger partial charge < -0.3 is 4.42 Å². The summed E-state index contributed by atoms with van der Waals surface area (Å²) in [6, 6.07) is 13.8. The average Bonchev–Trinajstić information content (AvgIpc) is 2.95. The summed E-state index contributed by atoms with van der Waals surface area (Å²) in [7, 11) is 0. The number of aryl methyl sites for hydroxylation is 1. The smallest absolute Gasteiger partial charge is 0.247 e. The lowest BCUT2D eigenvalue weighted by Crippen LogP contribution is -1.82. The number of hydrogen-bond acceptors (Lipinski definition) is 5. The number of benzene rings is 1. The molecule has 5 heteroatoms. The van der Waals surface area contributed by atoms with E-state index in [4.69, 9.17) is 4.42 Å². The molecule has 0 atom stereocenters. The molecule has 0 fully saturated rings. The molecule has 2 aromatic heterocycles. The number of rotatable bonds is 4. The van der Waals surface area contributed by atoms with E-state index in [-0.39, 0.29) is 0 Å². The van der Waals surface area contributed by atoms with Gasteiger partial charge in [0.1, 0.15) is 0 Å². The van der Waals surface area contributed by atoms with E-state index < -0.39 is 0 Å². The zero-order valence-corrected chi connectivity index (χ0v) is 11.8. The molecule has 0 aliphatic heterocycles. The number of hydrogen-bond donors (Lipinski definition) is 0. The number of nitrogens with zero attached hydrogens (tertiary/aromatic N) is 3. The molecule has 0 bridgehead atoms. The first-order chi connectivity index (χ1) is 9.81. The molecular weight excluding hydrogens is 270 g/mol. The lowest BCUT2D eigenvalue weighted by atomic mass is 10.1. The predicted molar refractivity (Wildman–Crippen MR) is 78.3 cm³/mol. The molecule has 0 aliphatic carbocycles. The topological polar surface area (TPSA) is 51.8 Å². The first-order valence-electron chi connectivity index (χ1n) is 6.24. The van der Waals surface area contributed by atoms with Crippen molar-refractivity contribution in [1.29, 1.82) is 0 Å². The molecule has 0 spiro atoms. The normalized spacial score (nSPS) is 10.7. The third kappa shape index (κ3) is 3.05. The van der Waals surface area contributed by atoms with Gasteiger partial charge in [-0.1, -0.05) is 35.5 Å². The van der Waals surface area contributed by atoms with Crippen LogP contribution in [0.15, 0.2) is 58.1 Å². The highest BCUT2D eigenvalue weighted by Gasteiger charge is 2.09. The van der Waals surface area contributed by atoms with Crippen molar-refractivity contribution >= 4 is 11.8 Å². The fourth-order valence-electron chi connectivity index (χ4n) is 1.77. The van der Waals surface area contributed by atoms with Crippen LogP contribution in [0.4, 0.5) is 0 Å². The fourth-order valence-corrected chi connectivity index (χ4v) is 2.47. The Morgan fingerprint density at radius 3 is 2.85 bits per heavy atom. The monoisotopic (exact) mass is 283 g/mol. The van der Waals surface area contributed by atoms with Crippen molar-refractivity contribution in [3.05, 3.63) is 60.1 Å². The van der Waals surface area contributed by atoms with E-state index in [0.29, 0.717) is 17.5 Å². The minimum Gasteiger partial charge on any atom is -0.420 e. The number of aromatic nitrogens is 3. The minimum atomic E-state index is 0.560. The van der Waals surface area contributed by atoms with Crippen LogP contribution in [0.5, 0.6) is 0 Å². The van der Waals surface area contributed by atoms with Gasteiger partial charge in [0.25, 0.3) is 0 Å². The molecule has 2 heterocycles. The van der Waals surface area contributed by atoms with Crippen molar-refractivity contribution in [1.82, 2.24) is 15.2 Å². The van der Waals surface area contributed by atoms with Crippen molar-refractivity contribution in [2.45, 2.75) is 17.7 Å². The zero-order chi connectivity index (χ0) is 13.8. The van der Waals surface area contributed by atoms with Gasteiger partial charge in [-0.05, 0) is 31.2 Å². The van der Waals surface area contributed by atoms with Gasteiger partial charge in [-0.2, -0.15) is 0 Å². The summed E-state index contributed by atoms with van der Waals surface area (Å²) in [6.45, 7) is 2.04. The van der Waals surface area contributed by atoms with E-state index in [9.17, 15) is 0 Å². The minimum absolute atomic E-state index is 0.560. The van der Waals surface area contributed by atoms with Crippen molar-refractivity contribution in [2.24, 2.45) is 0 Å². The van der Waals surface area contributed by atoms with Crippen LogP contribution < -0.4 is 0 Å². The van der Waals surface area contributed by atoms with Crippen molar-refractivity contribution in [3.63, 3.8) is 0 Å². The summed E-state index contributed by atoms with van der Waals surface area (Å²) in [4.78, 5) is 4.24. The van der Waals surface area contributed by atoms with Gasteiger partial charge >= 0.3 is 0 Å². The van der Waals surface area contributed by atoms with E-state index >= 15 is 0 Å². The van der Waals surface area contributed by atoms with Gasteiger partial charge in [-0.3, -0.25) is 0 Å². The zero-order valence-electron chi connectivity index (χ0n) is 11.0. The number of thioether (sulfide) groups is 1. The molecule has 0 amide bonds. The molecular formula is C15H13N3OS. The standard InChI is InChI=1S/C15H13N3OS/c1-11-5-4-6-12(9-11)15-18-17-13(19-15)10-20-14-7-2-3-8-16-14/h2-9H,10H2,1H3. The van der Waals surface area contributed by atoms with Crippen LogP contribution >= 0.6 is 11.8 Å². The maximum atomic E-state index is 5.68. The van der Waals surface area contributed by atoms with E-state index in [1.165, 1.54) is 5.56 Å². The van der Waals surface area contributed by atoms with Crippen molar-refractivity contribution in [3.8, 4) is 11.5 Å². The van der Waals surface area contributed by atoms with Crippen LogP contribution in [0.1, 0.15) is 11.5 Å². The lowest BCUT2D eigenvalue weighted by Gasteiger charge is -1.97. The van der Waals surface area contributed by atoms with Gasteiger partial charge in [-0.25, -0.2) is 4.98 Å². The molecule has 0 unspecified atom stereocenters. The van der Waals surface area contributed by atoms with Crippen LogP contribution in [0, 0.1) is 6.92 Å². The Bertz CT molecular complexity index is 697. The van der Waals surface area contributed by atoms with Crippen LogP contribution in [0.3, 0.4) is 0 Å². The SMILES string of the molecule is Cc1cccc(-c2nnc(CSc3ccccn3)o2)c1. The molecule has 0 saturated heterocycles. The molecule has 4 nitrogen and oxygen atoms in total. The summed E-state index contributed by atoms with van der Waals surface area (Å²) in [6.07, 6.45) is 1.77. The summed E-state index contributed by atoms with van der Waals surface area (Å²) < 4.78 is 5.68. The van der Waals surface area contributed by atoms with Gasteiger partial charge in [-0.15, -0.1) is 10.2 Å². The second-order valence-electron chi connectivity index (χ2n) is 4.33. The predicted octanol–water partition coefficient (Wildman–Crippen LogP) is 3.73. The molecule has 1 aromatic carbocycles. The van der Waals surface area contributed by atoms with Crippen LogP contribution in [0.25, 0.3) is 11.5 Å². The molecule has 0 aliphatic rings. The second-order valence-corrected chi connectivity index (χ2v) is 5.32. The Morgan fingerprint density at radius 1 is 1.10 bits per heavy atom. The molecule has 20 heavy (non-hydrogen) atoms. The Morgan fingerprint density at radius 2 is 2.05 bits per heavy atom. The van der Waals surface area contributed by atoms with E-state index in [1.807, 2.05) is 49.4 Å². The van der Waals surface area contributed by atoms with Gasteiger partial charge in [0, 0.05) is 11.8 Å². The van der Waals surface area contributed by atoms with E-state index in [0.717, 1.165) is 10.6 Å². The fraction of sp³-hybridized carbons (Fsp3) is 0.133. The first-order valence-corrected chi connectivity index (χ1v) is 7.23. The second kappa shape index (κ2) is 5.88. The van der Waals surface area contributed by atoms with Gasteiger partial charge in [0.2, 0.25) is 11.8 Å². The highest BCUT2D eigenvalue weighted by Crippen LogP contribution is 2.23. The third-order valence-corrected chi connectivity index (χ3v) is 3.64. The largest absolute Gasteiger partial charge is 0.420 e. The van der Waals surface area contributed by atoms with E-state index in [1.54, 1.807) is 18.0 Å². The van der Waals surface area contributed by atoms with Gasteiger partial charge in [0.15, 0.2) is 0 Å². The number of pyridine rings is 1. The molecule has 0 saturated carbocycles. The summed E-state index contributed by atoms with van der Waals surface area (Å²) in [5, 5.41) is 9.11. The Balaban J connectivity index is 1.71. The Labute approximate surface area is 121 Å². The summed E-state index contributed by atoms with van der Waals surface area (Å²) in [5.74, 6) is 1.79. The molecule has 100 valence electrons. The van der Waals surface area contributed by atoms with Crippen LogP contribution in [-0.2, 0) is 5.75 Å². The summed E-state index contributed by atoms with van der Waals surface area (Å²) >= 11 is 1.58. The summed E-state index contributed by atoms with van der Waals surface area (Å²) in [5.41, 5.74) is 2.12. The first kappa shape index (κ1) is 12.9. The Kier molecular flexibility index (Phi) is 3.78. The molecule has 0 N–H and O–H groups in total. The highest BCUT2D eigenvalue weighted by atomic mass is 32.2. The van der Waals surface area contributed by atoms with Crippen molar-refractivity contribution in [2.75, 3.05) is 0 Å². The lowest BCUT2D eigenvalue weighted by molar-refractivity contribution is 0.528. The third-order valence-electron chi connectivity index (χ3n) is 2.71. The highest BCUT2D eigenvalue weighted by molar-refractivity contribution is 7.98. The van der Waals surface area contributed by atoms with Crippen molar-refractivity contribution < 1.29 is 4.42 Å². The quantitative estimate of drug-likeness (QED) is 0.683. The molecule has 3 aromatic rings. The maximum absolute atomic E-state index is 5.68. The van der Waals surface area contributed by atoms with Crippen LogP contribution in [-0.4, -0.2) is 15.2 Å². The van der Waals surface area contributed by atoms with E-state index in [2.05, 4.69) is 15.2 Å². The van der Waals surface area contributed by atoms with Crippen LogP contribution in [0.2, 0.25) is 0 Å². The Hall–Kier alpha value is -2.14.